The first-order valence-corrected chi connectivity index (χ1v) is 9.02. The molecule has 22 heavy (non-hydrogen) atoms. The van der Waals surface area contributed by atoms with Gasteiger partial charge in [0.25, 0.3) is 0 Å². The molecular formula is C16H19F2NO2S. The quantitative estimate of drug-likeness (QED) is 0.855. The predicted molar refractivity (Wildman–Crippen MR) is 80.9 cm³/mol. The highest BCUT2D eigenvalue weighted by atomic mass is 32.2. The molecule has 2 atom stereocenters. The molecule has 120 valence electrons. The van der Waals surface area contributed by atoms with Gasteiger partial charge in [0, 0.05) is 41.3 Å². The lowest BCUT2D eigenvalue weighted by Gasteiger charge is -2.31. The van der Waals surface area contributed by atoms with Gasteiger partial charge in [-0.2, -0.15) is 0 Å². The molecule has 0 radical (unpaired) electrons. The van der Waals surface area contributed by atoms with Gasteiger partial charge in [-0.25, -0.2) is 8.78 Å². The number of benzene rings is 1. The van der Waals surface area contributed by atoms with Gasteiger partial charge in [0.15, 0.2) is 0 Å². The van der Waals surface area contributed by atoms with Crippen molar-refractivity contribution in [3.05, 3.63) is 35.4 Å². The van der Waals surface area contributed by atoms with Gasteiger partial charge >= 0.3 is 0 Å². The minimum atomic E-state index is -0.757. The number of nitrogens with zero attached hydrogens (tertiary/aromatic N) is 1. The summed E-state index contributed by atoms with van der Waals surface area (Å²) < 4.78 is 38.4. The molecule has 3 nitrogen and oxygen atoms in total. The predicted octanol–water partition coefficient (Wildman–Crippen LogP) is 2.44. The standard InChI is InChI=1S/C16H19F2NO2S/c1-19(11-4-6-22(21)7-5-11)16(20)14-9-12(14)13-8-10(17)2-3-15(13)18/h2-3,8,11-12,14H,4-7,9H2,1H3/t11?,12-,14+,22?/m1/s1. The van der Waals surface area contributed by atoms with Crippen LogP contribution in [0.4, 0.5) is 8.78 Å². The van der Waals surface area contributed by atoms with E-state index in [9.17, 15) is 17.8 Å². The normalized spacial score (nSPS) is 30.9. The summed E-state index contributed by atoms with van der Waals surface area (Å²) in [5.74, 6) is -0.137. The van der Waals surface area contributed by atoms with E-state index >= 15 is 0 Å². The summed E-state index contributed by atoms with van der Waals surface area (Å²) >= 11 is 0. The summed E-state index contributed by atoms with van der Waals surface area (Å²) in [6.07, 6.45) is 2.07. The number of rotatable bonds is 3. The fraction of sp³-hybridized carbons (Fsp3) is 0.562. The third-order valence-corrected chi connectivity index (χ3v) is 6.10. The van der Waals surface area contributed by atoms with Crippen LogP contribution in [0.5, 0.6) is 0 Å². The first-order chi connectivity index (χ1) is 10.5. The van der Waals surface area contributed by atoms with Crippen LogP contribution in [-0.2, 0) is 15.6 Å². The number of amides is 1. The summed E-state index contributed by atoms with van der Waals surface area (Å²) in [5, 5.41) is 0. The fourth-order valence-corrected chi connectivity index (χ4v) is 4.49. The molecule has 0 unspecified atom stereocenters. The molecule has 1 saturated heterocycles. The molecule has 1 heterocycles. The third-order valence-electron chi connectivity index (χ3n) is 4.72. The Balaban J connectivity index is 1.65. The number of hydrogen-bond donors (Lipinski definition) is 0. The van der Waals surface area contributed by atoms with Crippen LogP contribution in [0.3, 0.4) is 0 Å². The Kier molecular flexibility index (Phi) is 4.30. The summed E-state index contributed by atoms with van der Waals surface area (Å²) in [6.45, 7) is 0. The molecule has 2 aliphatic rings. The van der Waals surface area contributed by atoms with Gasteiger partial charge in [-0.1, -0.05) is 0 Å². The lowest BCUT2D eigenvalue weighted by atomic mass is 10.1. The monoisotopic (exact) mass is 327 g/mol. The van der Waals surface area contributed by atoms with Gasteiger partial charge in [-0.05, 0) is 48.9 Å². The molecule has 0 spiro atoms. The highest BCUT2D eigenvalue weighted by molar-refractivity contribution is 7.85. The highest BCUT2D eigenvalue weighted by Crippen LogP contribution is 2.49. The van der Waals surface area contributed by atoms with Crippen LogP contribution in [0.1, 0.15) is 30.7 Å². The lowest BCUT2D eigenvalue weighted by molar-refractivity contribution is -0.133. The second-order valence-corrected chi connectivity index (χ2v) is 7.84. The van der Waals surface area contributed by atoms with Crippen LogP contribution in [-0.4, -0.2) is 39.6 Å². The topological polar surface area (TPSA) is 37.4 Å². The SMILES string of the molecule is CN(C(=O)[C@H]1C[C@@H]1c1cc(F)ccc1F)C1CCS(=O)CC1. The van der Waals surface area contributed by atoms with E-state index in [1.165, 1.54) is 6.07 Å². The van der Waals surface area contributed by atoms with Crippen molar-refractivity contribution >= 4 is 16.7 Å². The number of carbonyl (C=O) groups excluding carboxylic acids is 1. The van der Waals surface area contributed by atoms with Gasteiger partial charge in [0.05, 0.1) is 0 Å². The molecule has 1 amide bonds. The molecule has 3 rings (SSSR count). The summed E-state index contributed by atoms with van der Waals surface area (Å²) in [5.41, 5.74) is 0.302. The van der Waals surface area contributed by atoms with Gasteiger partial charge in [-0.15, -0.1) is 0 Å². The van der Waals surface area contributed by atoms with Crippen molar-refractivity contribution in [2.75, 3.05) is 18.6 Å². The molecule has 0 bridgehead atoms. The maximum atomic E-state index is 13.8. The Morgan fingerprint density at radius 1 is 1.27 bits per heavy atom. The van der Waals surface area contributed by atoms with E-state index in [0.29, 0.717) is 23.5 Å². The maximum absolute atomic E-state index is 13.8. The minimum absolute atomic E-state index is 0.00802. The average Bonchev–Trinajstić information content (AvgIpc) is 3.29. The van der Waals surface area contributed by atoms with E-state index in [4.69, 9.17) is 0 Å². The Labute approximate surface area is 131 Å². The number of carbonyl (C=O) groups is 1. The largest absolute Gasteiger partial charge is 0.342 e. The molecule has 6 heteroatoms. The molecule has 1 aliphatic carbocycles. The Bertz CT molecular complexity index is 612. The van der Waals surface area contributed by atoms with Gasteiger partial charge < -0.3 is 4.90 Å². The van der Waals surface area contributed by atoms with E-state index in [1.807, 2.05) is 0 Å². The van der Waals surface area contributed by atoms with Crippen molar-refractivity contribution in [3.8, 4) is 0 Å². The summed E-state index contributed by atoms with van der Waals surface area (Å²) in [4.78, 5) is 14.2. The van der Waals surface area contributed by atoms with Crippen molar-refractivity contribution < 1.29 is 17.8 Å². The van der Waals surface area contributed by atoms with Crippen LogP contribution in [0.25, 0.3) is 0 Å². The molecule has 2 fully saturated rings. The third kappa shape index (κ3) is 3.07. The minimum Gasteiger partial charge on any atom is -0.342 e. The zero-order valence-electron chi connectivity index (χ0n) is 12.4. The average molecular weight is 327 g/mol. The highest BCUT2D eigenvalue weighted by Gasteiger charge is 2.47. The van der Waals surface area contributed by atoms with Crippen LogP contribution < -0.4 is 0 Å². The Hall–Kier alpha value is -1.30. The molecule has 0 N–H and O–H groups in total. The van der Waals surface area contributed by atoms with Crippen molar-refractivity contribution in [2.24, 2.45) is 5.92 Å². The molecular weight excluding hydrogens is 308 g/mol. The zero-order chi connectivity index (χ0) is 15.9. The van der Waals surface area contributed by atoms with Gasteiger partial charge in [-0.3, -0.25) is 9.00 Å². The van der Waals surface area contributed by atoms with Crippen molar-refractivity contribution in [1.82, 2.24) is 4.90 Å². The molecule has 1 aliphatic heterocycles. The van der Waals surface area contributed by atoms with Gasteiger partial charge in [0.1, 0.15) is 11.6 Å². The van der Waals surface area contributed by atoms with E-state index in [-0.39, 0.29) is 23.8 Å². The zero-order valence-corrected chi connectivity index (χ0v) is 13.2. The van der Waals surface area contributed by atoms with Crippen molar-refractivity contribution in [1.29, 1.82) is 0 Å². The summed E-state index contributed by atoms with van der Waals surface area (Å²) in [6, 6.07) is 3.51. The number of hydrogen-bond acceptors (Lipinski definition) is 2. The smallest absolute Gasteiger partial charge is 0.226 e. The lowest BCUT2D eigenvalue weighted by Crippen LogP contribution is -2.42. The van der Waals surface area contributed by atoms with Crippen LogP contribution in [0.15, 0.2) is 18.2 Å². The molecule has 0 aromatic heterocycles. The first-order valence-electron chi connectivity index (χ1n) is 7.54. The van der Waals surface area contributed by atoms with E-state index < -0.39 is 22.4 Å². The maximum Gasteiger partial charge on any atom is 0.226 e. The second kappa shape index (κ2) is 6.07. The molecule has 1 aromatic carbocycles. The molecule has 1 saturated carbocycles. The van der Waals surface area contributed by atoms with Crippen molar-refractivity contribution in [3.63, 3.8) is 0 Å². The summed E-state index contributed by atoms with van der Waals surface area (Å²) in [7, 11) is 1.01. The first kappa shape index (κ1) is 15.6. The van der Waals surface area contributed by atoms with Crippen LogP contribution in [0.2, 0.25) is 0 Å². The Morgan fingerprint density at radius 3 is 2.64 bits per heavy atom. The molecule has 1 aromatic rings. The Morgan fingerprint density at radius 2 is 1.95 bits per heavy atom. The van der Waals surface area contributed by atoms with E-state index in [1.54, 1.807) is 11.9 Å². The van der Waals surface area contributed by atoms with Crippen LogP contribution in [0, 0.1) is 17.6 Å². The van der Waals surface area contributed by atoms with Gasteiger partial charge in [0.2, 0.25) is 5.91 Å². The van der Waals surface area contributed by atoms with E-state index in [2.05, 4.69) is 0 Å². The van der Waals surface area contributed by atoms with E-state index in [0.717, 1.165) is 25.0 Å². The number of halogens is 2. The second-order valence-electron chi connectivity index (χ2n) is 6.14. The van der Waals surface area contributed by atoms with Crippen molar-refractivity contribution in [2.45, 2.75) is 31.2 Å². The van der Waals surface area contributed by atoms with Crippen LogP contribution >= 0.6 is 0 Å². The fourth-order valence-electron chi connectivity index (χ4n) is 3.22.